The fraction of sp³-hybridized carbons (Fsp3) is 1.00. The highest BCUT2D eigenvalue weighted by Gasteiger charge is 1.78. The molecule has 0 heterocycles. The van der Waals surface area contributed by atoms with E-state index in [1.807, 2.05) is 27.7 Å². The lowest BCUT2D eigenvalue weighted by Crippen LogP contribution is -2.06. The van der Waals surface area contributed by atoms with Gasteiger partial charge >= 0.3 is 0 Å². The first kappa shape index (κ1) is 22.4. The molecule has 0 bridgehead atoms. The second-order valence-corrected chi connectivity index (χ2v) is 2.53. The Morgan fingerprint density at radius 2 is 1.09 bits per heavy atom. The molecule has 0 aliphatic rings. The Kier molecular flexibility index (Phi) is 33.6. The van der Waals surface area contributed by atoms with E-state index in [1.54, 1.807) is 7.11 Å². The molecule has 0 radical (unpaired) electrons. The molecule has 0 amide bonds. The van der Waals surface area contributed by atoms with Crippen molar-refractivity contribution in [3.63, 3.8) is 0 Å². The Morgan fingerprint density at radius 1 is 1.00 bits per heavy atom. The summed E-state index contributed by atoms with van der Waals surface area (Å²) in [4.78, 5) is 0. The van der Waals surface area contributed by atoms with Crippen molar-refractivity contribution in [1.82, 2.24) is 0 Å². The molecular formula is C9H27NO. The molecule has 0 atom stereocenters. The van der Waals surface area contributed by atoms with Crippen molar-refractivity contribution in [2.75, 3.05) is 7.11 Å². The van der Waals surface area contributed by atoms with E-state index in [-0.39, 0.29) is 14.9 Å². The zero-order chi connectivity index (χ0) is 7.86. The minimum absolute atomic E-state index is 0. The highest BCUT2D eigenvalue weighted by Crippen LogP contribution is 1.77. The van der Waals surface area contributed by atoms with Crippen LogP contribution in [-0.2, 0) is 4.74 Å². The maximum Gasteiger partial charge on any atom is 0.0515 e. The van der Waals surface area contributed by atoms with E-state index in [9.17, 15) is 0 Å². The monoisotopic (exact) mass is 165 g/mol. The van der Waals surface area contributed by atoms with Gasteiger partial charge < -0.3 is 10.5 Å². The van der Waals surface area contributed by atoms with Gasteiger partial charge in [0.05, 0.1) is 6.10 Å². The summed E-state index contributed by atoms with van der Waals surface area (Å²) in [5.41, 5.74) is 5.11. The molecule has 0 spiro atoms. The SMILES string of the molecule is C.C.CC(C)N.COC(C)C. The van der Waals surface area contributed by atoms with Crippen molar-refractivity contribution in [1.29, 1.82) is 0 Å². The van der Waals surface area contributed by atoms with E-state index in [2.05, 4.69) is 0 Å². The largest absolute Gasteiger partial charge is 0.382 e. The third-order valence-corrected chi connectivity index (χ3v) is 0.471. The molecule has 74 valence electrons. The van der Waals surface area contributed by atoms with Crippen molar-refractivity contribution in [2.24, 2.45) is 5.73 Å². The smallest absolute Gasteiger partial charge is 0.0515 e. The van der Waals surface area contributed by atoms with E-state index >= 15 is 0 Å². The molecule has 0 saturated carbocycles. The topological polar surface area (TPSA) is 35.2 Å². The molecule has 2 nitrogen and oxygen atoms in total. The number of methoxy groups -OCH3 is 1. The van der Waals surface area contributed by atoms with Gasteiger partial charge in [-0.15, -0.1) is 0 Å². The summed E-state index contributed by atoms with van der Waals surface area (Å²) in [6.45, 7) is 7.89. The van der Waals surface area contributed by atoms with E-state index in [0.29, 0.717) is 12.1 Å². The quantitative estimate of drug-likeness (QED) is 0.648. The van der Waals surface area contributed by atoms with E-state index in [0.717, 1.165) is 0 Å². The average Bonchev–Trinajstić information content (AvgIpc) is 1.65. The van der Waals surface area contributed by atoms with Crippen LogP contribution in [0.3, 0.4) is 0 Å². The maximum atomic E-state index is 5.11. The molecular weight excluding hydrogens is 138 g/mol. The van der Waals surface area contributed by atoms with Crippen LogP contribution in [0, 0.1) is 0 Å². The highest BCUT2D eigenvalue weighted by atomic mass is 16.5. The van der Waals surface area contributed by atoms with Crippen LogP contribution in [0.1, 0.15) is 42.5 Å². The first-order valence-corrected chi connectivity index (χ1v) is 3.29. The molecule has 0 aliphatic carbocycles. The van der Waals surface area contributed by atoms with Gasteiger partial charge in [0.25, 0.3) is 0 Å². The summed E-state index contributed by atoms with van der Waals surface area (Å²) in [7, 11) is 1.70. The zero-order valence-corrected chi connectivity index (χ0v) is 7.14. The van der Waals surface area contributed by atoms with Crippen molar-refractivity contribution in [3.8, 4) is 0 Å². The summed E-state index contributed by atoms with van der Waals surface area (Å²) < 4.78 is 4.75. The Labute approximate surface area is 73.1 Å². The second-order valence-electron chi connectivity index (χ2n) is 2.53. The van der Waals surface area contributed by atoms with Crippen LogP contribution >= 0.6 is 0 Å². The van der Waals surface area contributed by atoms with Gasteiger partial charge in [-0.05, 0) is 19.9 Å². The molecule has 0 unspecified atom stereocenters. The summed E-state index contributed by atoms with van der Waals surface area (Å²) in [6.07, 6.45) is 0.384. The molecule has 0 aromatic rings. The van der Waals surface area contributed by atoms with Crippen molar-refractivity contribution < 1.29 is 4.74 Å². The molecule has 0 aromatic heterocycles. The third kappa shape index (κ3) is 169. The lowest BCUT2D eigenvalue weighted by molar-refractivity contribution is 0.134. The normalized spacial score (nSPS) is 7.64. The number of hydrogen-bond acceptors (Lipinski definition) is 2. The average molecular weight is 165 g/mol. The zero-order valence-electron chi connectivity index (χ0n) is 7.14. The van der Waals surface area contributed by atoms with E-state index in [4.69, 9.17) is 10.5 Å². The Morgan fingerprint density at radius 3 is 1.09 bits per heavy atom. The Hall–Kier alpha value is -0.0800. The summed E-state index contributed by atoms with van der Waals surface area (Å²) in [5, 5.41) is 0. The van der Waals surface area contributed by atoms with Crippen LogP contribution < -0.4 is 5.73 Å². The van der Waals surface area contributed by atoms with Crippen LogP contribution in [-0.4, -0.2) is 19.3 Å². The predicted octanol–water partition coefficient (Wildman–Crippen LogP) is 2.67. The van der Waals surface area contributed by atoms with Gasteiger partial charge in [-0.25, -0.2) is 0 Å². The first-order valence-electron chi connectivity index (χ1n) is 3.29. The van der Waals surface area contributed by atoms with Gasteiger partial charge in [-0.3, -0.25) is 0 Å². The fourth-order valence-electron chi connectivity index (χ4n) is 0. The Bertz CT molecular complexity index is 42.1. The lowest BCUT2D eigenvalue weighted by Gasteiger charge is -1.94. The van der Waals surface area contributed by atoms with Gasteiger partial charge in [0.2, 0.25) is 0 Å². The summed E-state index contributed by atoms with van der Waals surface area (Å²) >= 11 is 0. The predicted molar refractivity (Wildman–Crippen MR) is 54.9 cm³/mol. The van der Waals surface area contributed by atoms with Gasteiger partial charge in [-0.1, -0.05) is 28.7 Å². The molecule has 0 aromatic carbocycles. The van der Waals surface area contributed by atoms with Crippen LogP contribution in [0.5, 0.6) is 0 Å². The molecule has 0 rings (SSSR count). The number of hydrogen-bond donors (Lipinski definition) is 1. The van der Waals surface area contributed by atoms with Crippen LogP contribution in [0.15, 0.2) is 0 Å². The van der Waals surface area contributed by atoms with Crippen molar-refractivity contribution >= 4 is 0 Å². The number of nitrogens with two attached hydrogens (primary N) is 1. The number of rotatable bonds is 1. The molecule has 0 saturated heterocycles. The highest BCUT2D eigenvalue weighted by molar-refractivity contribution is 4.32. The van der Waals surface area contributed by atoms with Crippen molar-refractivity contribution in [3.05, 3.63) is 0 Å². The van der Waals surface area contributed by atoms with Gasteiger partial charge in [0.15, 0.2) is 0 Å². The van der Waals surface area contributed by atoms with Crippen LogP contribution in [0.25, 0.3) is 0 Å². The molecule has 11 heavy (non-hydrogen) atoms. The maximum absolute atomic E-state index is 5.11. The van der Waals surface area contributed by atoms with Crippen molar-refractivity contribution in [2.45, 2.75) is 54.7 Å². The first-order chi connectivity index (χ1) is 4.00. The lowest BCUT2D eigenvalue weighted by atomic mass is 10.5. The van der Waals surface area contributed by atoms with Crippen LogP contribution in [0.4, 0.5) is 0 Å². The fourth-order valence-corrected chi connectivity index (χ4v) is 0. The molecule has 0 fully saturated rings. The van der Waals surface area contributed by atoms with Gasteiger partial charge in [0, 0.05) is 7.11 Å². The minimum atomic E-state index is 0. The molecule has 2 N–H and O–H groups in total. The third-order valence-electron chi connectivity index (χ3n) is 0.471. The standard InChI is InChI=1S/C4H10O.C3H9N.2CH4/c1-4(2)5-3;1-3(2)4;;/h4H,1-3H3;3H,4H2,1-2H3;2*1H4. The van der Waals surface area contributed by atoms with E-state index in [1.165, 1.54) is 0 Å². The molecule has 0 aliphatic heterocycles. The van der Waals surface area contributed by atoms with E-state index < -0.39 is 0 Å². The minimum Gasteiger partial charge on any atom is -0.382 e. The van der Waals surface area contributed by atoms with Gasteiger partial charge in [-0.2, -0.15) is 0 Å². The summed E-state index contributed by atoms with van der Waals surface area (Å²) in [6, 6.07) is 0.333. The van der Waals surface area contributed by atoms with Crippen LogP contribution in [0.2, 0.25) is 0 Å². The molecule has 2 heteroatoms. The summed E-state index contributed by atoms with van der Waals surface area (Å²) in [5.74, 6) is 0. The van der Waals surface area contributed by atoms with Gasteiger partial charge in [0.1, 0.15) is 0 Å². The Balaban J connectivity index is -0.0000000383. The second kappa shape index (κ2) is 16.5. The number of ether oxygens (including phenoxy) is 1.